The quantitative estimate of drug-likeness (QED) is 0.739. The normalized spacial score (nSPS) is 18.1. The molecule has 1 saturated heterocycles. The number of carbonyl (C=O) groups excluding carboxylic acids is 1. The fourth-order valence-corrected chi connectivity index (χ4v) is 1.85. The fourth-order valence-electron chi connectivity index (χ4n) is 1.85. The van der Waals surface area contributed by atoms with Gasteiger partial charge in [-0.25, -0.2) is 4.39 Å². The molecule has 0 atom stereocenters. The van der Waals surface area contributed by atoms with E-state index in [0.717, 1.165) is 25.2 Å². The second-order valence-electron chi connectivity index (χ2n) is 3.94. The predicted octanol–water partition coefficient (Wildman–Crippen LogP) is 1.99. The summed E-state index contributed by atoms with van der Waals surface area (Å²) in [7, 11) is 0. The average Bonchev–Trinajstić information content (AvgIpc) is 2.22. The molecule has 3 heteroatoms. The Labute approximate surface area is 88.7 Å². The maximum Gasteiger partial charge on any atom is 0.135 e. The zero-order chi connectivity index (χ0) is 10.7. The van der Waals surface area contributed by atoms with Crippen LogP contribution in [0.2, 0.25) is 0 Å². The average molecular weight is 207 g/mol. The van der Waals surface area contributed by atoms with Crippen LogP contribution in [0.1, 0.15) is 18.4 Å². The largest absolute Gasteiger partial charge is 0.300 e. The van der Waals surface area contributed by atoms with Crippen LogP contribution < -0.4 is 0 Å². The van der Waals surface area contributed by atoms with Crippen molar-refractivity contribution < 1.29 is 9.18 Å². The van der Waals surface area contributed by atoms with E-state index in [1.54, 1.807) is 12.1 Å². The van der Waals surface area contributed by atoms with Gasteiger partial charge in [-0.3, -0.25) is 9.69 Å². The topological polar surface area (TPSA) is 20.3 Å². The van der Waals surface area contributed by atoms with Gasteiger partial charge in [-0.1, -0.05) is 12.1 Å². The van der Waals surface area contributed by atoms with Gasteiger partial charge in [0.1, 0.15) is 11.6 Å². The molecule has 0 N–H and O–H groups in total. The summed E-state index contributed by atoms with van der Waals surface area (Å²) in [6.45, 7) is 2.34. The van der Waals surface area contributed by atoms with Crippen molar-refractivity contribution in [1.82, 2.24) is 4.90 Å². The highest BCUT2D eigenvalue weighted by Gasteiger charge is 2.15. The Morgan fingerprint density at radius 1 is 1.27 bits per heavy atom. The zero-order valence-electron chi connectivity index (χ0n) is 8.58. The van der Waals surface area contributed by atoms with E-state index in [0.29, 0.717) is 18.6 Å². The van der Waals surface area contributed by atoms with Crippen molar-refractivity contribution in [2.24, 2.45) is 0 Å². The number of ketones is 1. The van der Waals surface area contributed by atoms with Crippen LogP contribution in [0.25, 0.3) is 0 Å². The Balaban J connectivity index is 1.94. The molecule has 1 aliphatic heterocycles. The van der Waals surface area contributed by atoms with Crippen LogP contribution >= 0.6 is 0 Å². The molecular weight excluding hydrogens is 193 g/mol. The molecule has 1 heterocycles. The third-order valence-corrected chi connectivity index (χ3v) is 2.71. The summed E-state index contributed by atoms with van der Waals surface area (Å²) in [5.74, 6) is 0.145. The van der Waals surface area contributed by atoms with Crippen molar-refractivity contribution in [3.8, 4) is 0 Å². The third-order valence-electron chi connectivity index (χ3n) is 2.71. The minimum atomic E-state index is -0.194. The highest BCUT2D eigenvalue weighted by atomic mass is 19.1. The molecule has 0 amide bonds. The molecule has 1 aromatic carbocycles. The third kappa shape index (κ3) is 2.86. The Morgan fingerprint density at radius 2 is 2.00 bits per heavy atom. The molecule has 1 aromatic rings. The van der Waals surface area contributed by atoms with E-state index >= 15 is 0 Å². The van der Waals surface area contributed by atoms with E-state index < -0.39 is 0 Å². The molecule has 80 valence electrons. The van der Waals surface area contributed by atoms with Gasteiger partial charge >= 0.3 is 0 Å². The number of hydrogen-bond acceptors (Lipinski definition) is 2. The van der Waals surface area contributed by atoms with Crippen LogP contribution in [0, 0.1) is 5.82 Å². The van der Waals surface area contributed by atoms with Crippen LogP contribution in [0.15, 0.2) is 24.3 Å². The standard InChI is InChI=1S/C12H14FNO/c13-11-3-1-2-10(8-11)9-14-6-4-12(15)5-7-14/h1-3,8H,4-7,9H2. The van der Waals surface area contributed by atoms with Crippen LogP contribution in [-0.4, -0.2) is 23.8 Å². The smallest absolute Gasteiger partial charge is 0.135 e. The number of nitrogens with zero attached hydrogens (tertiary/aromatic N) is 1. The highest BCUT2D eigenvalue weighted by molar-refractivity contribution is 5.79. The number of piperidine rings is 1. The summed E-state index contributed by atoms with van der Waals surface area (Å²) < 4.78 is 12.9. The predicted molar refractivity (Wildman–Crippen MR) is 55.9 cm³/mol. The summed E-state index contributed by atoms with van der Waals surface area (Å²) in [6.07, 6.45) is 1.27. The fraction of sp³-hybridized carbons (Fsp3) is 0.417. The summed E-state index contributed by atoms with van der Waals surface area (Å²) in [5, 5.41) is 0. The van der Waals surface area contributed by atoms with Crippen molar-refractivity contribution in [1.29, 1.82) is 0 Å². The van der Waals surface area contributed by atoms with Gasteiger partial charge in [-0.2, -0.15) is 0 Å². The van der Waals surface area contributed by atoms with Crippen LogP contribution in [0.5, 0.6) is 0 Å². The molecular formula is C12H14FNO. The van der Waals surface area contributed by atoms with Crippen molar-refractivity contribution >= 4 is 5.78 Å². The van der Waals surface area contributed by atoms with Crippen molar-refractivity contribution in [3.63, 3.8) is 0 Å². The van der Waals surface area contributed by atoms with E-state index in [1.165, 1.54) is 6.07 Å². The molecule has 0 unspecified atom stereocenters. The van der Waals surface area contributed by atoms with Gasteiger partial charge in [0, 0.05) is 32.5 Å². The molecule has 2 rings (SSSR count). The van der Waals surface area contributed by atoms with Crippen LogP contribution in [0.4, 0.5) is 4.39 Å². The molecule has 0 radical (unpaired) electrons. The lowest BCUT2D eigenvalue weighted by molar-refractivity contribution is -0.121. The molecule has 1 aliphatic rings. The molecule has 1 fully saturated rings. The summed E-state index contributed by atoms with van der Waals surface area (Å²) in [4.78, 5) is 13.2. The SMILES string of the molecule is O=C1CCN(Cc2cccc(F)c2)CC1. The molecule has 0 saturated carbocycles. The number of rotatable bonds is 2. The minimum Gasteiger partial charge on any atom is -0.300 e. The van der Waals surface area contributed by atoms with Gasteiger partial charge in [-0.15, -0.1) is 0 Å². The lowest BCUT2D eigenvalue weighted by atomic mass is 10.1. The Bertz CT molecular complexity index is 354. The lowest BCUT2D eigenvalue weighted by Gasteiger charge is -2.25. The van der Waals surface area contributed by atoms with Crippen molar-refractivity contribution in [2.75, 3.05) is 13.1 Å². The van der Waals surface area contributed by atoms with Gasteiger partial charge in [-0.05, 0) is 17.7 Å². The number of benzene rings is 1. The first-order valence-corrected chi connectivity index (χ1v) is 5.22. The minimum absolute atomic E-state index is 0.194. The first-order chi connectivity index (χ1) is 7.24. The Hall–Kier alpha value is -1.22. The van der Waals surface area contributed by atoms with Gasteiger partial charge in [0.2, 0.25) is 0 Å². The monoisotopic (exact) mass is 207 g/mol. The lowest BCUT2D eigenvalue weighted by Crippen LogP contribution is -2.33. The molecule has 0 aromatic heterocycles. The van der Waals surface area contributed by atoms with Gasteiger partial charge in [0.25, 0.3) is 0 Å². The van der Waals surface area contributed by atoms with E-state index in [-0.39, 0.29) is 5.82 Å². The Kier molecular flexibility index (Phi) is 3.11. The van der Waals surface area contributed by atoms with E-state index in [4.69, 9.17) is 0 Å². The summed E-state index contributed by atoms with van der Waals surface area (Å²) in [5.41, 5.74) is 0.976. The maximum atomic E-state index is 12.9. The molecule has 0 bridgehead atoms. The van der Waals surface area contributed by atoms with Gasteiger partial charge in [0.05, 0.1) is 0 Å². The van der Waals surface area contributed by atoms with Crippen molar-refractivity contribution in [2.45, 2.75) is 19.4 Å². The van der Waals surface area contributed by atoms with Gasteiger partial charge in [0.15, 0.2) is 0 Å². The second kappa shape index (κ2) is 4.53. The molecule has 0 spiro atoms. The first-order valence-electron chi connectivity index (χ1n) is 5.22. The second-order valence-corrected chi connectivity index (χ2v) is 3.94. The summed E-state index contributed by atoms with van der Waals surface area (Å²) in [6, 6.07) is 6.64. The van der Waals surface area contributed by atoms with E-state index in [2.05, 4.69) is 4.90 Å². The number of Topliss-reactive ketones (excluding diaryl/α,β-unsaturated/α-hetero) is 1. The van der Waals surface area contributed by atoms with Crippen molar-refractivity contribution in [3.05, 3.63) is 35.6 Å². The molecule has 0 aliphatic carbocycles. The zero-order valence-corrected chi connectivity index (χ0v) is 8.58. The number of halogens is 1. The molecule has 15 heavy (non-hydrogen) atoms. The number of hydrogen-bond donors (Lipinski definition) is 0. The summed E-state index contributed by atoms with van der Waals surface area (Å²) >= 11 is 0. The van der Waals surface area contributed by atoms with Crippen LogP contribution in [0.3, 0.4) is 0 Å². The molecule has 2 nitrogen and oxygen atoms in total. The maximum absolute atomic E-state index is 12.9. The number of carbonyl (C=O) groups is 1. The van der Waals surface area contributed by atoms with Gasteiger partial charge < -0.3 is 0 Å². The van der Waals surface area contributed by atoms with E-state index in [1.807, 2.05) is 6.07 Å². The highest BCUT2D eigenvalue weighted by Crippen LogP contribution is 2.11. The number of likely N-dealkylation sites (tertiary alicyclic amines) is 1. The Morgan fingerprint density at radius 3 is 2.67 bits per heavy atom. The first kappa shape index (κ1) is 10.3. The van der Waals surface area contributed by atoms with Crippen LogP contribution in [-0.2, 0) is 11.3 Å². The van der Waals surface area contributed by atoms with E-state index in [9.17, 15) is 9.18 Å².